The molecule has 1 saturated carbocycles. The third-order valence-electron chi connectivity index (χ3n) is 8.12. The van der Waals surface area contributed by atoms with E-state index in [-0.39, 0.29) is 6.04 Å². The second-order valence-electron chi connectivity index (χ2n) is 11.0. The number of aryl methyl sites for hydroxylation is 2. The molecule has 4 aromatic rings. The third-order valence-corrected chi connectivity index (χ3v) is 8.12. The topological polar surface area (TPSA) is 122 Å². The van der Waals surface area contributed by atoms with Crippen LogP contribution in [0.4, 0.5) is 10.6 Å². The highest BCUT2D eigenvalue weighted by molar-refractivity contribution is 5.87. The van der Waals surface area contributed by atoms with Crippen LogP contribution < -0.4 is 5.32 Å². The zero-order valence-electron chi connectivity index (χ0n) is 22.8. The Morgan fingerprint density at radius 1 is 1.18 bits per heavy atom. The number of amides is 1. The van der Waals surface area contributed by atoms with Gasteiger partial charge in [-0.2, -0.15) is 0 Å². The van der Waals surface area contributed by atoms with Gasteiger partial charge in [-0.1, -0.05) is 32.8 Å². The number of nitrogens with one attached hydrogen (secondary N) is 1. The zero-order valence-corrected chi connectivity index (χ0v) is 22.8. The number of rotatable bonds is 9. The maximum Gasteiger partial charge on any atom is 0.412 e. The lowest BCUT2D eigenvalue weighted by Crippen LogP contribution is -2.35. The number of ether oxygens (including phenoxy) is 1. The first-order valence-corrected chi connectivity index (χ1v) is 13.8. The average molecular weight is 532 g/mol. The largest absolute Gasteiger partial charge is 0.449 e. The predicted molar refractivity (Wildman–Crippen MR) is 151 cm³/mol. The molecule has 0 aliphatic heterocycles. The molecule has 9 heteroatoms. The van der Waals surface area contributed by atoms with E-state index in [4.69, 9.17) is 4.74 Å². The molecular formula is C30H37N5O4. The van der Waals surface area contributed by atoms with Crippen molar-refractivity contribution >= 4 is 33.8 Å². The molecule has 1 aliphatic carbocycles. The van der Waals surface area contributed by atoms with Crippen molar-refractivity contribution < 1.29 is 19.7 Å². The number of aliphatic hydroxyl groups is 2. The molecule has 4 atom stereocenters. The van der Waals surface area contributed by atoms with E-state index in [0.29, 0.717) is 18.8 Å². The fourth-order valence-corrected chi connectivity index (χ4v) is 5.71. The maximum atomic E-state index is 12.0. The van der Waals surface area contributed by atoms with Crippen LogP contribution in [0.3, 0.4) is 0 Å². The lowest BCUT2D eigenvalue weighted by atomic mass is 9.80. The molecule has 0 spiro atoms. The van der Waals surface area contributed by atoms with Gasteiger partial charge in [-0.15, -0.1) is 0 Å². The van der Waals surface area contributed by atoms with Gasteiger partial charge in [0.25, 0.3) is 0 Å². The molecule has 5 rings (SSSR count). The average Bonchev–Trinajstić information content (AvgIpc) is 3.46. The van der Waals surface area contributed by atoms with E-state index in [9.17, 15) is 15.0 Å². The quantitative estimate of drug-likeness (QED) is 0.249. The fourth-order valence-electron chi connectivity index (χ4n) is 5.71. The van der Waals surface area contributed by atoms with Gasteiger partial charge in [0.15, 0.2) is 0 Å². The number of aliphatic hydroxyl groups excluding tert-OH is 2. The summed E-state index contributed by atoms with van der Waals surface area (Å²) in [4.78, 5) is 25.3. The molecule has 0 saturated heterocycles. The summed E-state index contributed by atoms with van der Waals surface area (Å²) in [5.74, 6) is 0.454. The van der Waals surface area contributed by atoms with E-state index >= 15 is 0 Å². The van der Waals surface area contributed by atoms with Crippen LogP contribution in [0.2, 0.25) is 0 Å². The van der Waals surface area contributed by atoms with E-state index in [1.807, 2.05) is 42.0 Å². The van der Waals surface area contributed by atoms with Crippen molar-refractivity contribution in [3.05, 3.63) is 60.2 Å². The summed E-state index contributed by atoms with van der Waals surface area (Å²) in [5, 5.41) is 26.8. The van der Waals surface area contributed by atoms with Crippen molar-refractivity contribution in [2.45, 2.75) is 77.5 Å². The van der Waals surface area contributed by atoms with Gasteiger partial charge >= 0.3 is 6.09 Å². The lowest BCUT2D eigenvalue weighted by Gasteiger charge is -2.28. The number of carbonyl (C=O) groups excluding carboxylic acids is 1. The van der Waals surface area contributed by atoms with E-state index in [1.165, 1.54) is 0 Å². The molecule has 0 unspecified atom stereocenters. The Bertz CT molecular complexity index is 1470. The number of nitrogens with zero attached hydrogens (tertiary/aromatic N) is 4. The minimum atomic E-state index is -0.883. The SMILES string of the molecule is CCCCCOC(=O)Nc1ccc2cc(CC[C@@]3(C)C[C@@H](n4ccc5c(C)ncnc54)[C@H](O)[C@@H]3O)ccc2n1. The summed E-state index contributed by atoms with van der Waals surface area (Å²) in [5.41, 5.74) is 3.12. The Labute approximate surface area is 228 Å². The van der Waals surface area contributed by atoms with Gasteiger partial charge in [0, 0.05) is 17.0 Å². The number of hydrogen-bond donors (Lipinski definition) is 3. The molecule has 1 amide bonds. The highest BCUT2D eigenvalue weighted by atomic mass is 16.5. The molecular weight excluding hydrogens is 494 g/mol. The van der Waals surface area contributed by atoms with Crippen LogP contribution in [-0.4, -0.2) is 54.6 Å². The van der Waals surface area contributed by atoms with Crippen LogP contribution in [0.5, 0.6) is 0 Å². The molecule has 9 nitrogen and oxygen atoms in total. The van der Waals surface area contributed by atoms with Crippen LogP contribution in [0, 0.1) is 12.3 Å². The molecule has 0 radical (unpaired) electrons. The number of anilines is 1. The lowest BCUT2D eigenvalue weighted by molar-refractivity contribution is -0.0241. The Morgan fingerprint density at radius 2 is 2.03 bits per heavy atom. The summed E-state index contributed by atoms with van der Waals surface area (Å²) in [7, 11) is 0. The molecule has 3 N–H and O–H groups in total. The van der Waals surface area contributed by atoms with E-state index < -0.39 is 23.7 Å². The molecule has 1 fully saturated rings. The summed E-state index contributed by atoms with van der Waals surface area (Å²) in [6.07, 6.45) is 6.32. The minimum Gasteiger partial charge on any atom is -0.449 e. The van der Waals surface area contributed by atoms with Gasteiger partial charge in [0.05, 0.1) is 30.0 Å². The summed E-state index contributed by atoms with van der Waals surface area (Å²) in [6, 6.07) is 11.5. The van der Waals surface area contributed by atoms with Crippen LogP contribution in [0.25, 0.3) is 21.9 Å². The molecule has 206 valence electrons. The smallest absolute Gasteiger partial charge is 0.412 e. The molecule has 39 heavy (non-hydrogen) atoms. The highest BCUT2D eigenvalue weighted by Gasteiger charge is 2.50. The second-order valence-corrected chi connectivity index (χ2v) is 11.0. The number of pyridine rings is 1. The van der Waals surface area contributed by atoms with Crippen LogP contribution in [0.1, 0.15) is 63.3 Å². The van der Waals surface area contributed by atoms with Crippen molar-refractivity contribution in [3.8, 4) is 0 Å². The fraction of sp³-hybridized carbons (Fsp3) is 0.467. The number of carbonyl (C=O) groups is 1. The zero-order chi connectivity index (χ0) is 27.6. The Morgan fingerprint density at radius 3 is 2.85 bits per heavy atom. The van der Waals surface area contributed by atoms with Gasteiger partial charge in [-0.3, -0.25) is 5.32 Å². The van der Waals surface area contributed by atoms with Crippen molar-refractivity contribution in [1.29, 1.82) is 0 Å². The Kier molecular flexibility index (Phi) is 7.81. The number of benzene rings is 1. The van der Waals surface area contributed by atoms with Gasteiger partial charge < -0.3 is 19.5 Å². The first-order chi connectivity index (χ1) is 18.8. The predicted octanol–water partition coefficient (Wildman–Crippen LogP) is 5.33. The summed E-state index contributed by atoms with van der Waals surface area (Å²) >= 11 is 0. The number of unbranched alkanes of at least 4 members (excludes halogenated alkanes) is 2. The van der Waals surface area contributed by atoms with Crippen molar-refractivity contribution in [2.75, 3.05) is 11.9 Å². The van der Waals surface area contributed by atoms with Gasteiger partial charge in [0.1, 0.15) is 23.9 Å². The van der Waals surface area contributed by atoms with E-state index in [1.54, 1.807) is 12.4 Å². The summed E-state index contributed by atoms with van der Waals surface area (Å²) < 4.78 is 7.19. The summed E-state index contributed by atoms with van der Waals surface area (Å²) in [6.45, 7) is 6.50. The van der Waals surface area contributed by atoms with Crippen LogP contribution in [0.15, 0.2) is 48.9 Å². The first kappa shape index (κ1) is 27.0. The van der Waals surface area contributed by atoms with Crippen LogP contribution >= 0.6 is 0 Å². The maximum absolute atomic E-state index is 12.0. The second kappa shape index (κ2) is 11.3. The van der Waals surface area contributed by atoms with Gasteiger partial charge in [-0.25, -0.2) is 19.7 Å². The Hall–Kier alpha value is -3.56. The van der Waals surface area contributed by atoms with Gasteiger partial charge in [-0.05, 0) is 73.9 Å². The molecule has 1 aliphatic rings. The number of fused-ring (bicyclic) bond motifs is 2. The van der Waals surface area contributed by atoms with Crippen molar-refractivity contribution in [2.24, 2.45) is 5.41 Å². The number of hydrogen-bond acceptors (Lipinski definition) is 7. The first-order valence-electron chi connectivity index (χ1n) is 13.8. The van der Waals surface area contributed by atoms with Crippen molar-refractivity contribution in [1.82, 2.24) is 19.5 Å². The molecule has 3 heterocycles. The standard InChI is InChI=1S/C30H37N5O4/c1-4-5-6-15-39-29(38)34-25-10-8-21-16-20(7-9-23(21)33-25)11-13-30(3)17-24(26(36)27(30)37)35-14-12-22-19(2)31-18-32-28(22)35/h7-10,12,14,16,18,24,26-27,36-37H,4-6,11,13,15,17H2,1-3H3,(H,33,34,38)/t24-,26+,27+,30+/m1/s1. The molecule has 3 aromatic heterocycles. The normalized spacial score (nSPS) is 22.9. The van der Waals surface area contributed by atoms with E-state index in [2.05, 4.69) is 40.2 Å². The Balaban J connectivity index is 1.24. The monoisotopic (exact) mass is 531 g/mol. The third kappa shape index (κ3) is 5.60. The highest BCUT2D eigenvalue weighted by Crippen LogP contribution is 2.48. The van der Waals surface area contributed by atoms with Crippen LogP contribution in [-0.2, 0) is 11.2 Å². The minimum absolute atomic E-state index is 0.262. The number of aromatic nitrogens is 4. The molecule has 1 aromatic carbocycles. The van der Waals surface area contributed by atoms with Gasteiger partial charge in [0.2, 0.25) is 0 Å². The van der Waals surface area contributed by atoms with E-state index in [0.717, 1.165) is 65.3 Å². The van der Waals surface area contributed by atoms with Crippen molar-refractivity contribution in [3.63, 3.8) is 0 Å². The molecule has 0 bridgehead atoms.